The zero-order chi connectivity index (χ0) is 16.3. The topological polar surface area (TPSA) is 118 Å². The van der Waals surface area contributed by atoms with E-state index in [1.54, 1.807) is 6.92 Å². The quantitative estimate of drug-likeness (QED) is 0.608. The highest BCUT2D eigenvalue weighted by atomic mass is 35.5. The molecule has 4 N–H and O–H groups in total. The van der Waals surface area contributed by atoms with Crippen LogP contribution in [0.1, 0.15) is 6.92 Å². The Bertz CT molecular complexity index is 697. The molecule has 0 spiro atoms. The van der Waals surface area contributed by atoms with Crippen LogP contribution in [0.15, 0.2) is 17.0 Å². The van der Waals surface area contributed by atoms with Gasteiger partial charge in [0.05, 0.1) is 15.8 Å². The summed E-state index contributed by atoms with van der Waals surface area (Å²) in [6, 6.07) is 2.49. The molecular weight excluding hydrogens is 361 g/mol. The van der Waals surface area contributed by atoms with Gasteiger partial charge in [0.25, 0.3) is 0 Å². The maximum absolute atomic E-state index is 12.1. The fourth-order valence-corrected chi connectivity index (χ4v) is 4.85. The van der Waals surface area contributed by atoms with Crippen molar-refractivity contribution >= 4 is 48.9 Å². The number of anilines is 1. The minimum Gasteiger partial charge on any atom is -0.399 e. The normalized spacial score (nSPS) is 12.5. The van der Waals surface area contributed by atoms with Crippen LogP contribution in [-0.2, 0) is 20.0 Å². The first-order chi connectivity index (χ1) is 9.59. The average Bonchev–Trinajstić information content (AvgIpc) is 2.25. The Kier molecular flexibility index (Phi) is 6.26. The summed E-state index contributed by atoms with van der Waals surface area (Å²) >= 11 is 11.6. The molecule has 0 aliphatic carbocycles. The van der Waals surface area contributed by atoms with Crippen LogP contribution in [0.5, 0.6) is 0 Å². The van der Waals surface area contributed by atoms with Gasteiger partial charge in [0.2, 0.25) is 20.0 Å². The molecule has 1 aromatic carbocycles. The molecule has 0 saturated carbocycles. The van der Waals surface area contributed by atoms with Gasteiger partial charge in [-0.05, 0) is 12.1 Å². The molecule has 1 aromatic rings. The summed E-state index contributed by atoms with van der Waals surface area (Å²) in [6.45, 7) is 1.54. The molecule has 0 heterocycles. The Morgan fingerprint density at radius 3 is 2.10 bits per heavy atom. The summed E-state index contributed by atoms with van der Waals surface area (Å²) < 4.78 is 51.4. The van der Waals surface area contributed by atoms with Gasteiger partial charge in [-0.3, -0.25) is 0 Å². The number of nitrogens with two attached hydrogens (primary N) is 1. The zero-order valence-electron chi connectivity index (χ0n) is 11.1. The summed E-state index contributed by atoms with van der Waals surface area (Å²) in [5.41, 5.74) is 5.71. The summed E-state index contributed by atoms with van der Waals surface area (Å²) in [5, 5.41) is -0.274. The van der Waals surface area contributed by atoms with Crippen molar-refractivity contribution in [2.24, 2.45) is 0 Å². The highest BCUT2D eigenvalue weighted by Crippen LogP contribution is 2.31. The van der Waals surface area contributed by atoms with Crippen LogP contribution in [-0.4, -0.2) is 35.7 Å². The van der Waals surface area contributed by atoms with E-state index in [9.17, 15) is 16.8 Å². The number of nitrogen functional groups attached to an aromatic ring is 1. The van der Waals surface area contributed by atoms with E-state index in [-0.39, 0.29) is 33.7 Å². The Morgan fingerprint density at radius 2 is 1.62 bits per heavy atom. The Labute approximate surface area is 133 Å². The molecule has 21 heavy (non-hydrogen) atoms. The largest absolute Gasteiger partial charge is 0.399 e. The van der Waals surface area contributed by atoms with Crippen LogP contribution in [0.2, 0.25) is 10.0 Å². The first-order valence-electron chi connectivity index (χ1n) is 5.80. The predicted octanol–water partition coefficient (Wildman–Crippen LogP) is 0.793. The van der Waals surface area contributed by atoms with Gasteiger partial charge >= 0.3 is 0 Å². The lowest BCUT2D eigenvalue weighted by atomic mass is 10.3. The summed E-state index contributed by atoms with van der Waals surface area (Å²) in [4.78, 5) is -0.333. The van der Waals surface area contributed by atoms with Gasteiger partial charge in [-0.1, -0.05) is 30.1 Å². The minimum absolute atomic E-state index is 0.137. The number of halogens is 2. The van der Waals surface area contributed by atoms with Crippen molar-refractivity contribution in [3.8, 4) is 0 Å². The number of rotatable bonds is 7. The van der Waals surface area contributed by atoms with Crippen molar-refractivity contribution in [3.05, 3.63) is 22.2 Å². The maximum atomic E-state index is 12.1. The van der Waals surface area contributed by atoms with Crippen molar-refractivity contribution in [1.82, 2.24) is 9.44 Å². The zero-order valence-corrected chi connectivity index (χ0v) is 14.2. The lowest BCUT2D eigenvalue weighted by Crippen LogP contribution is -2.34. The van der Waals surface area contributed by atoms with Crippen molar-refractivity contribution in [2.45, 2.75) is 11.8 Å². The smallest absolute Gasteiger partial charge is 0.243 e. The van der Waals surface area contributed by atoms with Gasteiger partial charge in [0.1, 0.15) is 4.90 Å². The molecule has 0 unspecified atom stereocenters. The van der Waals surface area contributed by atoms with E-state index in [0.29, 0.717) is 0 Å². The number of hydrogen-bond donors (Lipinski definition) is 3. The van der Waals surface area contributed by atoms with Gasteiger partial charge in [0.15, 0.2) is 0 Å². The average molecular weight is 376 g/mol. The van der Waals surface area contributed by atoms with Crippen LogP contribution < -0.4 is 15.2 Å². The third-order valence-corrected chi connectivity index (χ3v) is 6.17. The molecule has 7 nitrogen and oxygen atoms in total. The molecular formula is C10H15Cl2N3O4S2. The molecule has 0 bridgehead atoms. The summed E-state index contributed by atoms with van der Waals surface area (Å²) in [7, 11) is -7.56. The third-order valence-electron chi connectivity index (χ3n) is 2.32. The van der Waals surface area contributed by atoms with E-state index in [4.69, 9.17) is 28.9 Å². The van der Waals surface area contributed by atoms with E-state index in [1.165, 1.54) is 12.1 Å². The van der Waals surface area contributed by atoms with Crippen LogP contribution in [0.4, 0.5) is 5.69 Å². The monoisotopic (exact) mass is 375 g/mol. The van der Waals surface area contributed by atoms with Crippen molar-refractivity contribution < 1.29 is 16.8 Å². The van der Waals surface area contributed by atoms with Crippen LogP contribution >= 0.6 is 23.2 Å². The predicted molar refractivity (Wildman–Crippen MR) is 83.5 cm³/mol. The molecule has 0 amide bonds. The Balaban J connectivity index is 2.89. The molecule has 0 saturated heterocycles. The fraction of sp³-hybridized carbons (Fsp3) is 0.400. The maximum Gasteiger partial charge on any atom is 0.243 e. The highest BCUT2D eigenvalue weighted by molar-refractivity contribution is 7.90. The van der Waals surface area contributed by atoms with Crippen LogP contribution in [0, 0.1) is 0 Å². The van der Waals surface area contributed by atoms with Gasteiger partial charge in [-0.2, -0.15) is 0 Å². The van der Waals surface area contributed by atoms with Crippen LogP contribution in [0.3, 0.4) is 0 Å². The summed E-state index contributed by atoms with van der Waals surface area (Å²) in [6.07, 6.45) is 0. The van der Waals surface area contributed by atoms with E-state index >= 15 is 0 Å². The lowest BCUT2D eigenvalue weighted by Gasteiger charge is -2.11. The standard InChI is InChI=1S/C10H15Cl2N3O4S2/c1-2-14-20(16,17)4-3-15-21(18,19)10-8(11)5-7(13)6-9(10)12/h5-6,14-15H,2-4,13H2,1H3. The molecule has 0 aromatic heterocycles. The van der Waals surface area contributed by atoms with Crippen molar-refractivity contribution in [2.75, 3.05) is 24.6 Å². The van der Waals surface area contributed by atoms with E-state index in [1.807, 2.05) is 0 Å². The SMILES string of the molecule is CCNS(=O)(=O)CCNS(=O)(=O)c1c(Cl)cc(N)cc1Cl. The van der Waals surface area contributed by atoms with Gasteiger partial charge in [-0.15, -0.1) is 0 Å². The minimum atomic E-state index is -4.04. The van der Waals surface area contributed by atoms with E-state index in [0.717, 1.165) is 0 Å². The van der Waals surface area contributed by atoms with E-state index < -0.39 is 25.8 Å². The molecule has 0 radical (unpaired) electrons. The van der Waals surface area contributed by atoms with Crippen molar-refractivity contribution in [3.63, 3.8) is 0 Å². The number of sulfonamides is 2. The van der Waals surface area contributed by atoms with Gasteiger partial charge in [0, 0.05) is 18.8 Å². The molecule has 11 heteroatoms. The first-order valence-corrected chi connectivity index (χ1v) is 9.69. The highest BCUT2D eigenvalue weighted by Gasteiger charge is 2.22. The molecule has 120 valence electrons. The molecule has 1 rings (SSSR count). The van der Waals surface area contributed by atoms with E-state index in [2.05, 4.69) is 9.44 Å². The van der Waals surface area contributed by atoms with Crippen molar-refractivity contribution in [1.29, 1.82) is 0 Å². The molecule has 0 aliphatic rings. The molecule has 0 atom stereocenters. The number of benzene rings is 1. The van der Waals surface area contributed by atoms with Crippen LogP contribution in [0.25, 0.3) is 0 Å². The number of nitrogens with one attached hydrogen (secondary N) is 2. The lowest BCUT2D eigenvalue weighted by molar-refractivity contribution is 0.576. The third kappa shape index (κ3) is 5.28. The fourth-order valence-electron chi connectivity index (χ4n) is 1.51. The Hall–Kier alpha value is -0.580. The number of hydrogen-bond acceptors (Lipinski definition) is 5. The first kappa shape index (κ1) is 18.5. The molecule has 0 fully saturated rings. The molecule has 0 aliphatic heterocycles. The second kappa shape index (κ2) is 7.12. The Morgan fingerprint density at radius 1 is 1.10 bits per heavy atom. The second-order valence-electron chi connectivity index (χ2n) is 4.03. The second-order valence-corrected chi connectivity index (χ2v) is 8.47. The van der Waals surface area contributed by atoms with Gasteiger partial charge in [-0.25, -0.2) is 26.3 Å². The van der Waals surface area contributed by atoms with Gasteiger partial charge < -0.3 is 5.73 Å². The summed E-state index contributed by atoms with van der Waals surface area (Å²) in [5.74, 6) is -0.399.